The number of nitrogens with zero attached hydrogens (tertiary/aromatic N) is 2. The molecule has 2 aromatic rings. The van der Waals surface area contributed by atoms with Crippen LogP contribution in [0.3, 0.4) is 0 Å². The highest BCUT2D eigenvalue weighted by Crippen LogP contribution is 2.20. The average molecular weight is 341 g/mol. The number of carbonyl (C=O) groups is 1. The van der Waals surface area contributed by atoms with Crippen molar-refractivity contribution in [1.29, 1.82) is 0 Å². The van der Waals surface area contributed by atoms with Crippen molar-refractivity contribution in [3.63, 3.8) is 0 Å². The van der Waals surface area contributed by atoms with Gasteiger partial charge < -0.3 is 14.6 Å². The van der Waals surface area contributed by atoms with Gasteiger partial charge in [0.2, 0.25) is 11.7 Å². The van der Waals surface area contributed by atoms with Crippen LogP contribution in [-0.4, -0.2) is 29.2 Å². The molecular weight excluding hydrogens is 318 g/mol. The van der Waals surface area contributed by atoms with E-state index in [2.05, 4.69) is 21.5 Å². The minimum atomic E-state index is -0.103. The first kappa shape index (κ1) is 17.2. The number of hydrogen-bond acceptors (Lipinski definition) is 5. The van der Waals surface area contributed by atoms with Crippen LogP contribution in [0.15, 0.2) is 40.4 Å². The van der Waals surface area contributed by atoms with Crippen molar-refractivity contribution in [2.24, 2.45) is 0 Å². The lowest BCUT2D eigenvalue weighted by molar-refractivity contribution is -0.123. The smallest absolute Gasteiger partial charge is 0.257 e. The quantitative estimate of drug-likeness (QED) is 0.781. The molecule has 3 rings (SSSR count). The van der Waals surface area contributed by atoms with Gasteiger partial charge in [-0.2, -0.15) is 4.98 Å². The summed E-state index contributed by atoms with van der Waals surface area (Å²) in [7, 11) is 0. The third-order valence-corrected chi connectivity index (χ3v) is 4.16. The Morgan fingerprint density at radius 3 is 2.80 bits per heavy atom. The summed E-state index contributed by atoms with van der Waals surface area (Å²) >= 11 is 0. The van der Waals surface area contributed by atoms with Crippen LogP contribution in [0, 0.1) is 6.92 Å². The van der Waals surface area contributed by atoms with Crippen molar-refractivity contribution < 1.29 is 14.1 Å². The number of rotatable bonds is 7. The number of aryl methyl sites for hydroxylation is 1. The molecule has 0 aliphatic heterocycles. The molecule has 132 valence electrons. The van der Waals surface area contributed by atoms with E-state index in [1.807, 2.05) is 12.1 Å². The summed E-state index contributed by atoms with van der Waals surface area (Å²) in [5.41, 5.74) is 2.30. The fourth-order valence-electron chi connectivity index (χ4n) is 2.81. The average Bonchev–Trinajstić information content (AvgIpc) is 3.08. The van der Waals surface area contributed by atoms with Gasteiger partial charge in [-0.3, -0.25) is 4.79 Å². The van der Waals surface area contributed by atoms with Crippen LogP contribution < -0.4 is 10.1 Å². The van der Waals surface area contributed by atoms with Gasteiger partial charge in [0.1, 0.15) is 5.75 Å². The summed E-state index contributed by atoms with van der Waals surface area (Å²) < 4.78 is 10.5. The molecular formula is C19H23N3O3. The normalized spacial score (nSPS) is 14.0. The number of allylic oxidation sites excluding steroid dienone is 1. The van der Waals surface area contributed by atoms with Gasteiger partial charge in [0.25, 0.3) is 5.91 Å². The lowest BCUT2D eigenvalue weighted by Crippen LogP contribution is -2.29. The summed E-state index contributed by atoms with van der Waals surface area (Å²) in [6.45, 7) is 2.43. The van der Waals surface area contributed by atoms with Crippen molar-refractivity contribution in [2.75, 3.05) is 13.2 Å². The van der Waals surface area contributed by atoms with Gasteiger partial charge in [-0.25, -0.2) is 0 Å². The van der Waals surface area contributed by atoms with Gasteiger partial charge in [0, 0.05) is 19.0 Å². The Kier molecular flexibility index (Phi) is 5.82. The first-order valence-electron chi connectivity index (χ1n) is 8.69. The molecule has 1 aromatic carbocycles. The molecule has 0 atom stereocenters. The summed E-state index contributed by atoms with van der Waals surface area (Å²) in [5.74, 6) is 1.60. The van der Waals surface area contributed by atoms with Crippen LogP contribution in [0.25, 0.3) is 11.4 Å². The standard InChI is InChI=1S/C19H23N3O3/c1-14-21-19(22-25-14)16-7-9-17(10-8-16)24-13-18(23)20-12-11-15-5-3-2-4-6-15/h5,7-10H,2-4,6,11-13H2,1H3,(H,20,23). The second kappa shape index (κ2) is 8.46. The minimum absolute atomic E-state index is 0.0136. The topological polar surface area (TPSA) is 77.2 Å². The van der Waals surface area contributed by atoms with Gasteiger partial charge in [-0.15, -0.1) is 0 Å². The Bertz CT molecular complexity index is 735. The number of amides is 1. The van der Waals surface area contributed by atoms with Crippen LogP contribution in [0.2, 0.25) is 0 Å². The Labute approximate surface area is 147 Å². The van der Waals surface area contributed by atoms with Gasteiger partial charge in [-0.1, -0.05) is 16.8 Å². The predicted molar refractivity (Wildman–Crippen MR) is 94.1 cm³/mol. The second-order valence-corrected chi connectivity index (χ2v) is 6.16. The highest BCUT2D eigenvalue weighted by Gasteiger charge is 2.08. The number of aromatic nitrogens is 2. The minimum Gasteiger partial charge on any atom is -0.484 e. The highest BCUT2D eigenvalue weighted by molar-refractivity contribution is 5.77. The van der Waals surface area contributed by atoms with E-state index in [0.29, 0.717) is 24.0 Å². The molecule has 0 unspecified atom stereocenters. The Hall–Kier alpha value is -2.63. The van der Waals surface area contributed by atoms with E-state index in [1.165, 1.54) is 31.3 Å². The number of ether oxygens (including phenoxy) is 1. The lowest BCUT2D eigenvalue weighted by atomic mass is 9.97. The van der Waals surface area contributed by atoms with Crippen LogP contribution in [0.5, 0.6) is 5.75 Å². The van der Waals surface area contributed by atoms with Gasteiger partial charge >= 0.3 is 0 Å². The molecule has 0 saturated heterocycles. The predicted octanol–water partition coefficient (Wildman–Crippen LogP) is 3.43. The highest BCUT2D eigenvalue weighted by atomic mass is 16.5. The maximum absolute atomic E-state index is 11.9. The van der Waals surface area contributed by atoms with Crippen LogP contribution in [0.4, 0.5) is 0 Å². The zero-order valence-corrected chi connectivity index (χ0v) is 14.5. The molecule has 25 heavy (non-hydrogen) atoms. The van der Waals surface area contributed by atoms with E-state index < -0.39 is 0 Å². The molecule has 0 saturated carbocycles. The maximum atomic E-state index is 11.9. The molecule has 0 spiro atoms. The maximum Gasteiger partial charge on any atom is 0.257 e. The third-order valence-electron chi connectivity index (χ3n) is 4.16. The number of carbonyl (C=O) groups excluding carboxylic acids is 1. The first-order chi connectivity index (χ1) is 12.2. The number of nitrogens with one attached hydrogen (secondary N) is 1. The number of benzene rings is 1. The largest absolute Gasteiger partial charge is 0.484 e. The van der Waals surface area contributed by atoms with Gasteiger partial charge in [-0.05, 0) is 56.4 Å². The molecule has 6 nitrogen and oxygen atoms in total. The molecule has 6 heteroatoms. The monoisotopic (exact) mass is 341 g/mol. The first-order valence-corrected chi connectivity index (χ1v) is 8.69. The van der Waals surface area contributed by atoms with E-state index in [4.69, 9.17) is 9.26 Å². The Balaban J connectivity index is 1.40. The van der Waals surface area contributed by atoms with Gasteiger partial charge in [0.15, 0.2) is 6.61 Å². The second-order valence-electron chi connectivity index (χ2n) is 6.16. The molecule has 1 aromatic heterocycles. The van der Waals surface area contributed by atoms with E-state index in [9.17, 15) is 4.79 Å². The Morgan fingerprint density at radius 1 is 1.28 bits per heavy atom. The van der Waals surface area contributed by atoms with Crippen molar-refractivity contribution in [3.8, 4) is 17.1 Å². The molecule has 1 heterocycles. The fourth-order valence-corrected chi connectivity index (χ4v) is 2.81. The summed E-state index contributed by atoms with van der Waals surface area (Å²) in [4.78, 5) is 16.0. The molecule has 0 bridgehead atoms. The van der Waals surface area contributed by atoms with E-state index >= 15 is 0 Å². The van der Waals surface area contributed by atoms with E-state index in [-0.39, 0.29) is 12.5 Å². The molecule has 1 N–H and O–H groups in total. The van der Waals surface area contributed by atoms with E-state index in [1.54, 1.807) is 19.1 Å². The van der Waals surface area contributed by atoms with Crippen molar-refractivity contribution in [1.82, 2.24) is 15.5 Å². The molecule has 0 radical (unpaired) electrons. The molecule has 1 aliphatic rings. The molecule has 0 fully saturated rings. The van der Waals surface area contributed by atoms with E-state index in [0.717, 1.165) is 12.0 Å². The number of hydrogen-bond donors (Lipinski definition) is 1. The summed E-state index contributed by atoms with van der Waals surface area (Å²) in [6, 6.07) is 7.27. The van der Waals surface area contributed by atoms with Crippen molar-refractivity contribution in [3.05, 3.63) is 41.8 Å². The Morgan fingerprint density at radius 2 is 2.12 bits per heavy atom. The summed E-state index contributed by atoms with van der Waals surface area (Å²) in [5, 5.41) is 6.77. The van der Waals surface area contributed by atoms with Gasteiger partial charge in [0.05, 0.1) is 0 Å². The zero-order chi connectivity index (χ0) is 17.5. The van der Waals surface area contributed by atoms with Crippen LogP contribution in [0.1, 0.15) is 38.0 Å². The third kappa shape index (κ3) is 5.17. The van der Waals surface area contributed by atoms with Crippen LogP contribution in [-0.2, 0) is 4.79 Å². The lowest BCUT2D eigenvalue weighted by Gasteiger charge is -2.13. The molecule has 1 amide bonds. The fraction of sp³-hybridized carbons (Fsp3) is 0.421. The van der Waals surface area contributed by atoms with Crippen LogP contribution >= 0.6 is 0 Å². The zero-order valence-electron chi connectivity index (χ0n) is 14.5. The molecule has 1 aliphatic carbocycles. The summed E-state index contributed by atoms with van der Waals surface area (Å²) in [6.07, 6.45) is 8.13. The SMILES string of the molecule is Cc1nc(-c2ccc(OCC(=O)NCCC3=CCCCC3)cc2)no1. The van der Waals surface area contributed by atoms with Crippen molar-refractivity contribution >= 4 is 5.91 Å². The van der Waals surface area contributed by atoms with Crippen molar-refractivity contribution in [2.45, 2.75) is 39.0 Å².